The molecule has 1 aliphatic heterocycles. The lowest BCUT2D eigenvalue weighted by atomic mass is 10.3. The molecule has 0 bridgehead atoms. The van der Waals surface area contributed by atoms with E-state index in [0.717, 1.165) is 47.5 Å². The Labute approximate surface area is 141 Å². The molecule has 1 aliphatic rings. The van der Waals surface area contributed by atoms with Gasteiger partial charge in [0.1, 0.15) is 0 Å². The average molecular weight is 421 g/mol. The third-order valence-electron chi connectivity index (χ3n) is 3.37. The molecule has 0 radical (unpaired) electrons. The van der Waals surface area contributed by atoms with Gasteiger partial charge in [0.05, 0.1) is 18.9 Å². The number of hydrogen-bond acceptors (Lipinski definition) is 3. The number of ether oxygens (including phenoxy) is 1. The maximum atomic E-state index is 12.2. The Morgan fingerprint density at radius 1 is 1.38 bits per heavy atom. The van der Waals surface area contributed by atoms with Crippen LogP contribution in [0.5, 0.6) is 0 Å². The topological polar surface area (TPSA) is 44.8 Å². The summed E-state index contributed by atoms with van der Waals surface area (Å²) in [5, 5.41) is 2.90. The second kappa shape index (κ2) is 8.12. The maximum absolute atomic E-state index is 12.2. The number of urea groups is 1. The van der Waals surface area contributed by atoms with Crippen LogP contribution in [0, 0.1) is 0 Å². The minimum absolute atomic E-state index is 0.105. The van der Waals surface area contributed by atoms with Gasteiger partial charge in [-0.1, -0.05) is 15.9 Å². The van der Waals surface area contributed by atoms with Crippen LogP contribution in [0.2, 0.25) is 0 Å². The SMILES string of the molecule is CN(CCN1CCOCC1)C(=O)Nc1ccc(Br)cc1Br. The molecule has 0 aromatic heterocycles. The standard InChI is InChI=1S/C14H19Br2N3O2/c1-18(4-5-19-6-8-21-9-7-19)14(20)17-13-3-2-11(15)10-12(13)16/h2-3,10H,4-9H2,1H3,(H,17,20). The molecule has 0 aliphatic carbocycles. The van der Waals surface area contributed by atoms with Gasteiger partial charge in [-0.2, -0.15) is 0 Å². The Hall–Kier alpha value is -0.630. The molecular formula is C14H19Br2N3O2. The van der Waals surface area contributed by atoms with Gasteiger partial charge in [-0.25, -0.2) is 4.79 Å². The fourth-order valence-electron chi connectivity index (χ4n) is 2.02. The fraction of sp³-hybridized carbons (Fsp3) is 0.500. The second-order valence-corrected chi connectivity index (χ2v) is 6.70. The lowest BCUT2D eigenvalue weighted by molar-refractivity contribution is 0.0359. The first-order valence-electron chi connectivity index (χ1n) is 6.83. The molecule has 0 saturated carbocycles. The van der Waals surface area contributed by atoms with Crippen LogP contribution >= 0.6 is 31.9 Å². The van der Waals surface area contributed by atoms with Crippen molar-refractivity contribution in [2.24, 2.45) is 0 Å². The number of nitrogens with zero attached hydrogens (tertiary/aromatic N) is 2. The zero-order valence-electron chi connectivity index (χ0n) is 11.9. The van der Waals surface area contributed by atoms with Crippen LogP contribution in [0.3, 0.4) is 0 Å². The van der Waals surface area contributed by atoms with Gasteiger partial charge in [-0.15, -0.1) is 0 Å². The van der Waals surface area contributed by atoms with E-state index in [-0.39, 0.29) is 6.03 Å². The molecule has 116 valence electrons. The van der Waals surface area contributed by atoms with Gasteiger partial charge in [0.2, 0.25) is 0 Å². The van der Waals surface area contributed by atoms with Gasteiger partial charge < -0.3 is 15.0 Å². The van der Waals surface area contributed by atoms with E-state index in [0.29, 0.717) is 6.54 Å². The third kappa shape index (κ3) is 5.25. The number of carbonyl (C=O) groups is 1. The zero-order chi connectivity index (χ0) is 15.2. The lowest BCUT2D eigenvalue weighted by Gasteiger charge is -2.28. The number of benzene rings is 1. The first-order valence-corrected chi connectivity index (χ1v) is 8.42. The molecule has 5 nitrogen and oxygen atoms in total. The molecule has 1 aromatic carbocycles. The van der Waals surface area contributed by atoms with E-state index < -0.39 is 0 Å². The van der Waals surface area contributed by atoms with Crippen molar-refractivity contribution in [1.82, 2.24) is 9.80 Å². The molecule has 2 amide bonds. The molecule has 1 heterocycles. The minimum Gasteiger partial charge on any atom is -0.379 e. The summed E-state index contributed by atoms with van der Waals surface area (Å²) in [7, 11) is 1.81. The summed E-state index contributed by atoms with van der Waals surface area (Å²) in [6.07, 6.45) is 0. The molecule has 7 heteroatoms. The Morgan fingerprint density at radius 2 is 2.10 bits per heavy atom. The minimum atomic E-state index is -0.105. The van der Waals surface area contributed by atoms with Gasteiger partial charge in [0, 0.05) is 42.2 Å². The van der Waals surface area contributed by atoms with Crippen LogP contribution in [0.15, 0.2) is 27.1 Å². The molecule has 2 rings (SSSR count). The first-order chi connectivity index (χ1) is 10.1. The second-order valence-electron chi connectivity index (χ2n) is 4.93. The number of rotatable bonds is 4. The Morgan fingerprint density at radius 3 is 2.76 bits per heavy atom. The highest BCUT2D eigenvalue weighted by molar-refractivity contribution is 9.11. The Bertz CT molecular complexity index is 493. The summed E-state index contributed by atoms with van der Waals surface area (Å²) in [4.78, 5) is 16.2. The summed E-state index contributed by atoms with van der Waals surface area (Å²) in [6.45, 7) is 5.00. The number of hydrogen-bond donors (Lipinski definition) is 1. The predicted octanol–water partition coefficient (Wildman–Crippen LogP) is 3.01. The van der Waals surface area contributed by atoms with Crippen LogP contribution in [-0.2, 0) is 4.74 Å². The number of halogens is 2. The molecular weight excluding hydrogens is 402 g/mol. The quantitative estimate of drug-likeness (QED) is 0.814. The summed E-state index contributed by atoms with van der Waals surface area (Å²) in [5.74, 6) is 0. The number of morpholine rings is 1. The number of nitrogens with one attached hydrogen (secondary N) is 1. The van der Waals surface area contributed by atoms with Gasteiger partial charge >= 0.3 is 6.03 Å². The molecule has 1 saturated heterocycles. The summed E-state index contributed by atoms with van der Waals surface area (Å²) in [6, 6.07) is 5.56. The highest BCUT2D eigenvalue weighted by Gasteiger charge is 2.14. The van der Waals surface area contributed by atoms with Crippen molar-refractivity contribution < 1.29 is 9.53 Å². The van der Waals surface area contributed by atoms with E-state index >= 15 is 0 Å². The van der Waals surface area contributed by atoms with Crippen LogP contribution in [-0.4, -0.2) is 62.3 Å². The summed E-state index contributed by atoms with van der Waals surface area (Å²) < 4.78 is 7.13. The third-order valence-corrected chi connectivity index (χ3v) is 4.52. The van der Waals surface area contributed by atoms with E-state index in [1.54, 1.807) is 4.90 Å². The lowest BCUT2D eigenvalue weighted by Crippen LogP contribution is -2.42. The largest absolute Gasteiger partial charge is 0.379 e. The van der Waals surface area contributed by atoms with Crippen LogP contribution < -0.4 is 5.32 Å². The molecule has 1 aromatic rings. The van der Waals surface area contributed by atoms with Crippen molar-refractivity contribution in [3.8, 4) is 0 Å². The number of carbonyl (C=O) groups excluding carboxylic acids is 1. The van der Waals surface area contributed by atoms with Crippen LogP contribution in [0.25, 0.3) is 0 Å². The number of anilines is 1. The zero-order valence-corrected chi connectivity index (χ0v) is 15.1. The Kier molecular flexibility index (Phi) is 6.47. The van der Waals surface area contributed by atoms with Crippen molar-refractivity contribution in [3.05, 3.63) is 27.1 Å². The molecule has 0 atom stereocenters. The molecule has 0 unspecified atom stereocenters. The van der Waals surface area contributed by atoms with Crippen molar-refractivity contribution in [2.45, 2.75) is 0 Å². The van der Waals surface area contributed by atoms with E-state index in [4.69, 9.17) is 4.74 Å². The summed E-state index contributed by atoms with van der Waals surface area (Å²) in [5.41, 5.74) is 0.765. The molecule has 21 heavy (non-hydrogen) atoms. The highest BCUT2D eigenvalue weighted by atomic mass is 79.9. The van der Waals surface area contributed by atoms with Crippen molar-refractivity contribution in [3.63, 3.8) is 0 Å². The normalized spacial score (nSPS) is 15.8. The van der Waals surface area contributed by atoms with E-state index in [2.05, 4.69) is 42.1 Å². The predicted molar refractivity (Wildman–Crippen MR) is 90.7 cm³/mol. The molecule has 0 spiro atoms. The monoisotopic (exact) mass is 419 g/mol. The van der Waals surface area contributed by atoms with E-state index in [1.807, 2.05) is 25.2 Å². The molecule has 1 N–H and O–H groups in total. The molecule has 1 fully saturated rings. The van der Waals surface area contributed by atoms with Gasteiger partial charge in [0.25, 0.3) is 0 Å². The smallest absolute Gasteiger partial charge is 0.321 e. The van der Waals surface area contributed by atoms with Crippen molar-refractivity contribution in [1.29, 1.82) is 0 Å². The van der Waals surface area contributed by atoms with Crippen molar-refractivity contribution in [2.75, 3.05) is 51.8 Å². The summed E-state index contributed by atoms with van der Waals surface area (Å²) >= 11 is 6.83. The van der Waals surface area contributed by atoms with Gasteiger partial charge in [-0.3, -0.25) is 4.90 Å². The number of amides is 2. The van der Waals surface area contributed by atoms with E-state index in [9.17, 15) is 4.79 Å². The van der Waals surface area contributed by atoms with Gasteiger partial charge in [0.15, 0.2) is 0 Å². The average Bonchev–Trinajstić information content (AvgIpc) is 2.48. The Balaban J connectivity index is 1.81. The highest BCUT2D eigenvalue weighted by Crippen LogP contribution is 2.26. The fourth-order valence-corrected chi connectivity index (χ4v) is 3.17. The van der Waals surface area contributed by atoms with E-state index in [1.165, 1.54) is 0 Å². The maximum Gasteiger partial charge on any atom is 0.321 e. The van der Waals surface area contributed by atoms with Crippen LogP contribution in [0.1, 0.15) is 0 Å². The number of likely N-dealkylation sites (N-methyl/N-ethyl adjacent to an activating group) is 1. The van der Waals surface area contributed by atoms with Gasteiger partial charge in [-0.05, 0) is 34.1 Å². The van der Waals surface area contributed by atoms with Crippen LogP contribution in [0.4, 0.5) is 10.5 Å². The van der Waals surface area contributed by atoms with Crippen molar-refractivity contribution >= 4 is 43.6 Å². The first kappa shape index (κ1) is 16.7.